The van der Waals surface area contributed by atoms with E-state index >= 15 is 0 Å². The molecule has 0 aromatic carbocycles. The Morgan fingerprint density at radius 1 is 1.50 bits per heavy atom. The minimum atomic E-state index is -1.79. The first-order valence-electron chi connectivity index (χ1n) is 3.76. The Kier molecular flexibility index (Phi) is 2.37. The van der Waals surface area contributed by atoms with Crippen molar-refractivity contribution in [2.75, 3.05) is 0 Å². The third-order valence-electron chi connectivity index (χ3n) is 1.12. The molecule has 12 heavy (non-hydrogen) atoms. The summed E-state index contributed by atoms with van der Waals surface area (Å²) in [7, 11) is -1.79. The smallest absolute Gasteiger partial charge is 0.360 e. The van der Waals surface area contributed by atoms with Gasteiger partial charge in [0, 0.05) is 0 Å². The molecule has 0 aliphatic carbocycles. The van der Waals surface area contributed by atoms with E-state index in [2.05, 4.69) is 0 Å². The van der Waals surface area contributed by atoms with Crippen LogP contribution in [0, 0.1) is 0 Å². The molecule has 1 heterocycles. The molecule has 0 aliphatic rings. The highest BCUT2D eigenvalue weighted by molar-refractivity contribution is 6.71. The highest BCUT2D eigenvalue weighted by Crippen LogP contribution is 2.09. The first-order chi connectivity index (χ1) is 5.49. The van der Waals surface area contributed by atoms with Crippen molar-refractivity contribution in [3.63, 3.8) is 0 Å². The fourth-order valence-electron chi connectivity index (χ4n) is 0.723. The van der Waals surface area contributed by atoms with Gasteiger partial charge in [-0.05, 0) is 31.8 Å². The van der Waals surface area contributed by atoms with Crippen LogP contribution in [0.25, 0.3) is 0 Å². The van der Waals surface area contributed by atoms with Gasteiger partial charge in [0.15, 0.2) is 0 Å². The molecule has 0 spiro atoms. The van der Waals surface area contributed by atoms with E-state index < -0.39 is 8.32 Å². The normalized spacial score (nSPS) is 11.2. The van der Waals surface area contributed by atoms with Crippen LogP contribution >= 0.6 is 0 Å². The molecule has 0 amide bonds. The lowest BCUT2D eigenvalue weighted by Gasteiger charge is -2.15. The summed E-state index contributed by atoms with van der Waals surface area (Å²) in [4.78, 5) is 11.2. The Labute approximate surface area is 72.5 Å². The fraction of sp³-hybridized carbons (Fsp3) is 0.375. The Hall–Kier alpha value is -1.03. The van der Waals surface area contributed by atoms with Gasteiger partial charge in [-0.3, -0.25) is 0 Å². The van der Waals surface area contributed by atoms with E-state index in [1.54, 1.807) is 12.1 Å². The third-order valence-corrected chi connectivity index (χ3v) is 1.92. The zero-order valence-corrected chi connectivity index (χ0v) is 8.46. The monoisotopic (exact) mass is 184 g/mol. The minimum Gasteiger partial charge on any atom is -0.514 e. The topological polar surface area (TPSA) is 39.4 Å². The SMILES string of the molecule is C[Si](C)(C)OC(=O)c1ccco1. The summed E-state index contributed by atoms with van der Waals surface area (Å²) in [5, 5.41) is 0. The van der Waals surface area contributed by atoms with E-state index in [9.17, 15) is 4.79 Å². The van der Waals surface area contributed by atoms with Crippen molar-refractivity contribution >= 4 is 14.3 Å². The van der Waals surface area contributed by atoms with Crippen molar-refractivity contribution in [3.8, 4) is 0 Å². The quantitative estimate of drug-likeness (QED) is 0.662. The van der Waals surface area contributed by atoms with Gasteiger partial charge >= 0.3 is 5.97 Å². The largest absolute Gasteiger partial charge is 0.514 e. The molecule has 1 aromatic heterocycles. The van der Waals surface area contributed by atoms with Crippen molar-refractivity contribution in [1.29, 1.82) is 0 Å². The first-order valence-corrected chi connectivity index (χ1v) is 7.17. The summed E-state index contributed by atoms with van der Waals surface area (Å²) in [5.41, 5.74) is 0. The van der Waals surface area contributed by atoms with Gasteiger partial charge in [0.25, 0.3) is 0 Å². The average Bonchev–Trinajstić information content (AvgIpc) is 2.32. The number of hydrogen-bond acceptors (Lipinski definition) is 3. The van der Waals surface area contributed by atoms with Crippen LogP contribution in [0.4, 0.5) is 0 Å². The highest BCUT2D eigenvalue weighted by Gasteiger charge is 2.22. The van der Waals surface area contributed by atoms with Crippen molar-refractivity contribution in [2.24, 2.45) is 0 Å². The second kappa shape index (κ2) is 3.14. The van der Waals surface area contributed by atoms with Gasteiger partial charge in [-0.2, -0.15) is 0 Å². The van der Waals surface area contributed by atoms with E-state index in [1.165, 1.54) is 6.26 Å². The van der Waals surface area contributed by atoms with Crippen LogP contribution in [0.5, 0.6) is 0 Å². The molecule has 0 unspecified atom stereocenters. The maximum atomic E-state index is 11.2. The number of hydrogen-bond donors (Lipinski definition) is 0. The molecule has 4 heteroatoms. The summed E-state index contributed by atoms with van der Waals surface area (Å²) < 4.78 is 10.1. The summed E-state index contributed by atoms with van der Waals surface area (Å²) in [5.74, 6) is -0.0865. The van der Waals surface area contributed by atoms with E-state index in [0.717, 1.165) is 0 Å². The molecule has 0 saturated carbocycles. The lowest BCUT2D eigenvalue weighted by Crippen LogP contribution is -2.28. The van der Waals surface area contributed by atoms with E-state index in [1.807, 2.05) is 19.6 Å². The lowest BCUT2D eigenvalue weighted by molar-refractivity contribution is 0.0691. The average molecular weight is 184 g/mol. The van der Waals surface area contributed by atoms with Crippen LogP contribution in [0.2, 0.25) is 19.6 Å². The molecule has 66 valence electrons. The highest BCUT2D eigenvalue weighted by atomic mass is 28.4. The van der Waals surface area contributed by atoms with E-state index in [0.29, 0.717) is 0 Å². The zero-order valence-electron chi connectivity index (χ0n) is 7.46. The van der Waals surface area contributed by atoms with Crippen molar-refractivity contribution in [2.45, 2.75) is 19.6 Å². The lowest BCUT2D eigenvalue weighted by atomic mass is 10.5. The summed E-state index contributed by atoms with van der Waals surface area (Å²) in [6.07, 6.45) is 1.46. The molecule has 0 atom stereocenters. The Morgan fingerprint density at radius 3 is 2.58 bits per heavy atom. The Morgan fingerprint density at radius 2 is 2.17 bits per heavy atom. The maximum Gasteiger partial charge on any atom is 0.360 e. The molecule has 0 aliphatic heterocycles. The van der Waals surface area contributed by atoms with Crippen LogP contribution in [0.1, 0.15) is 10.6 Å². The Balaban J connectivity index is 2.63. The molecular formula is C8H12O3Si. The van der Waals surface area contributed by atoms with Crippen LogP contribution in [-0.4, -0.2) is 14.3 Å². The molecule has 0 saturated heterocycles. The fourth-order valence-corrected chi connectivity index (χ4v) is 1.38. The first kappa shape index (κ1) is 9.06. The predicted molar refractivity (Wildman–Crippen MR) is 47.5 cm³/mol. The van der Waals surface area contributed by atoms with Gasteiger partial charge in [0.05, 0.1) is 6.26 Å². The molecule has 0 fully saturated rings. The predicted octanol–water partition coefficient (Wildman–Crippen LogP) is 2.27. The molecule has 0 radical (unpaired) electrons. The van der Waals surface area contributed by atoms with Crippen LogP contribution in [0.3, 0.4) is 0 Å². The number of carbonyl (C=O) groups is 1. The number of rotatable bonds is 2. The maximum absolute atomic E-state index is 11.2. The van der Waals surface area contributed by atoms with Gasteiger partial charge < -0.3 is 8.84 Å². The van der Waals surface area contributed by atoms with Gasteiger partial charge in [0.1, 0.15) is 0 Å². The molecular weight excluding hydrogens is 172 g/mol. The molecule has 0 bridgehead atoms. The summed E-state index contributed by atoms with van der Waals surface area (Å²) >= 11 is 0. The van der Waals surface area contributed by atoms with E-state index in [4.69, 9.17) is 8.84 Å². The van der Waals surface area contributed by atoms with Crippen LogP contribution in [-0.2, 0) is 4.43 Å². The summed E-state index contributed by atoms with van der Waals surface area (Å²) in [6, 6.07) is 3.27. The Bertz CT molecular complexity index is 258. The molecule has 3 nitrogen and oxygen atoms in total. The molecule has 0 N–H and O–H groups in total. The number of carbonyl (C=O) groups excluding carboxylic acids is 1. The second-order valence-corrected chi connectivity index (χ2v) is 7.91. The van der Waals surface area contributed by atoms with Crippen molar-refractivity contribution < 1.29 is 13.6 Å². The van der Waals surface area contributed by atoms with Crippen LogP contribution in [0.15, 0.2) is 22.8 Å². The number of furan rings is 1. The zero-order chi connectivity index (χ0) is 9.19. The molecule has 1 aromatic rings. The molecule has 1 rings (SSSR count). The van der Waals surface area contributed by atoms with Gasteiger partial charge in [-0.1, -0.05) is 0 Å². The van der Waals surface area contributed by atoms with Crippen LogP contribution < -0.4 is 0 Å². The van der Waals surface area contributed by atoms with Gasteiger partial charge in [-0.25, -0.2) is 4.79 Å². The second-order valence-electron chi connectivity index (χ2n) is 3.48. The third kappa shape index (κ3) is 2.54. The van der Waals surface area contributed by atoms with Crippen molar-refractivity contribution in [3.05, 3.63) is 24.2 Å². The van der Waals surface area contributed by atoms with Gasteiger partial charge in [0.2, 0.25) is 14.1 Å². The van der Waals surface area contributed by atoms with Gasteiger partial charge in [-0.15, -0.1) is 0 Å². The summed E-state index contributed by atoms with van der Waals surface area (Å²) in [6.45, 7) is 5.86. The van der Waals surface area contributed by atoms with E-state index in [-0.39, 0.29) is 11.7 Å². The minimum absolute atomic E-state index is 0.275. The van der Waals surface area contributed by atoms with Crippen molar-refractivity contribution in [1.82, 2.24) is 0 Å². The standard InChI is InChI=1S/C8H12O3Si/c1-12(2,3)11-8(9)7-5-4-6-10-7/h4-6H,1-3H3.